The number of aliphatic hydroxyl groups is 1. The van der Waals surface area contributed by atoms with Gasteiger partial charge in [-0.15, -0.1) is 0 Å². The van der Waals surface area contributed by atoms with E-state index in [0.29, 0.717) is 11.3 Å². The maximum Gasteiger partial charge on any atom is 0.412 e. The fourth-order valence-electron chi connectivity index (χ4n) is 1.57. The number of benzene rings is 1. The Bertz CT molecular complexity index is 490. The zero-order valence-corrected chi connectivity index (χ0v) is 12.7. The Hall–Kier alpha value is -2.08. The van der Waals surface area contributed by atoms with E-state index in [4.69, 9.17) is 4.74 Å². The van der Waals surface area contributed by atoms with E-state index in [0.717, 1.165) is 0 Å². The normalized spacial score (nSPS) is 12.4. The van der Waals surface area contributed by atoms with Gasteiger partial charge in [0.05, 0.1) is 19.6 Å². The number of aliphatic hydroxyl groups excluding tert-OH is 1. The number of anilines is 1. The first-order valence-corrected chi connectivity index (χ1v) is 6.56. The Balaban J connectivity index is 2.62. The predicted octanol–water partition coefficient (Wildman–Crippen LogP) is 2.63. The molecule has 0 aliphatic heterocycles. The summed E-state index contributed by atoms with van der Waals surface area (Å²) in [6.45, 7) is 5.33. The van der Waals surface area contributed by atoms with E-state index < -0.39 is 23.8 Å². The molecular formula is C15H21NO5. The quantitative estimate of drug-likeness (QED) is 0.834. The SMILES string of the molecule is COC(=O)C[C@H](O)c1ccc(NC(=O)OC(C)(C)C)cc1. The molecule has 0 unspecified atom stereocenters. The first-order valence-electron chi connectivity index (χ1n) is 6.56. The summed E-state index contributed by atoms with van der Waals surface area (Å²) in [4.78, 5) is 22.7. The minimum Gasteiger partial charge on any atom is -0.469 e. The van der Waals surface area contributed by atoms with Crippen molar-refractivity contribution in [2.24, 2.45) is 0 Å². The van der Waals surface area contributed by atoms with Crippen molar-refractivity contribution in [3.05, 3.63) is 29.8 Å². The highest BCUT2D eigenvalue weighted by Gasteiger charge is 2.17. The van der Waals surface area contributed by atoms with Gasteiger partial charge in [0, 0.05) is 5.69 Å². The van der Waals surface area contributed by atoms with Crippen LogP contribution in [0.4, 0.5) is 10.5 Å². The third-order valence-electron chi connectivity index (χ3n) is 2.53. The molecule has 6 nitrogen and oxygen atoms in total. The average molecular weight is 295 g/mol. The zero-order valence-electron chi connectivity index (χ0n) is 12.7. The van der Waals surface area contributed by atoms with Crippen LogP contribution in [0.2, 0.25) is 0 Å². The van der Waals surface area contributed by atoms with Crippen LogP contribution in [0.5, 0.6) is 0 Å². The number of hydrogen-bond acceptors (Lipinski definition) is 5. The van der Waals surface area contributed by atoms with Gasteiger partial charge < -0.3 is 14.6 Å². The number of carbonyl (C=O) groups excluding carboxylic acids is 2. The minimum absolute atomic E-state index is 0.116. The van der Waals surface area contributed by atoms with Crippen LogP contribution in [-0.2, 0) is 14.3 Å². The van der Waals surface area contributed by atoms with E-state index in [9.17, 15) is 14.7 Å². The number of carbonyl (C=O) groups is 2. The molecule has 0 aliphatic rings. The number of rotatable bonds is 4. The Morgan fingerprint density at radius 3 is 2.29 bits per heavy atom. The second kappa shape index (κ2) is 7.08. The molecule has 1 amide bonds. The minimum atomic E-state index is -0.937. The fraction of sp³-hybridized carbons (Fsp3) is 0.467. The summed E-state index contributed by atoms with van der Waals surface area (Å²) < 4.78 is 9.62. The molecule has 0 spiro atoms. The molecule has 0 fully saturated rings. The highest BCUT2D eigenvalue weighted by molar-refractivity contribution is 5.84. The topological polar surface area (TPSA) is 84.9 Å². The van der Waals surface area contributed by atoms with Gasteiger partial charge in [-0.3, -0.25) is 10.1 Å². The predicted molar refractivity (Wildman–Crippen MR) is 77.9 cm³/mol. The maximum atomic E-state index is 11.6. The molecule has 0 aromatic heterocycles. The molecule has 0 bridgehead atoms. The van der Waals surface area contributed by atoms with Crippen molar-refractivity contribution >= 4 is 17.7 Å². The number of ether oxygens (including phenoxy) is 2. The summed E-state index contributed by atoms with van der Waals surface area (Å²) in [5.41, 5.74) is 0.536. The lowest BCUT2D eigenvalue weighted by molar-refractivity contribution is -0.142. The largest absolute Gasteiger partial charge is 0.469 e. The lowest BCUT2D eigenvalue weighted by Gasteiger charge is -2.19. The number of hydrogen-bond donors (Lipinski definition) is 2. The standard InChI is InChI=1S/C15H21NO5/c1-15(2,3)21-14(19)16-11-7-5-10(6-8-11)12(17)9-13(18)20-4/h5-8,12,17H,9H2,1-4H3,(H,16,19)/t12-/m0/s1. The van der Waals surface area contributed by atoms with Crippen molar-refractivity contribution in [1.82, 2.24) is 0 Å². The van der Waals surface area contributed by atoms with E-state index in [1.807, 2.05) is 0 Å². The first kappa shape index (κ1) is 17.0. The van der Waals surface area contributed by atoms with Crippen molar-refractivity contribution in [2.45, 2.75) is 38.9 Å². The molecule has 1 aromatic rings. The maximum absolute atomic E-state index is 11.6. The summed E-state index contributed by atoms with van der Waals surface area (Å²) in [6, 6.07) is 6.50. The van der Waals surface area contributed by atoms with Gasteiger partial charge in [0.15, 0.2) is 0 Å². The van der Waals surface area contributed by atoms with Gasteiger partial charge in [-0.05, 0) is 38.5 Å². The van der Waals surface area contributed by atoms with Crippen LogP contribution in [0.3, 0.4) is 0 Å². The molecule has 2 N–H and O–H groups in total. The van der Waals surface area contributed by atoms with E-state index in [-0.39, 0.29) is 6.42 Å². The third-order valence-corrected chi connectivity index (χ3v) is 2.53. The van der Waals surface area contributed by atoms with E-state index >= 15 is 0 Å². The third kappa shape index (κ3) is 6.27. The fourth-order valence-corrected chi connectivity index (χ4v) is 1.57. The van der Waals surface area contributed by atoms with Gasteiger partial charge in [0.2, 0.25) is 0 Å². The Kier molecular flexibility index (Phi) is 5.72. The molecular weight excluding hydrogens is 274 g/mol. The molecule has 0 heterocycles. The van der Waals surface area contributed by atoms with Crippen molar-refractivity contribution in [3.63, 3.8) is 0 Å². The molecule has 0 aliphatic carbocycles. The van der Waals surface area contributed by atoms with Gasteiger partial charge in [-0.2, -0.15) is 0 Å². The average Bonchev–Trinajstić information content (AvgIpc) is 2.36. The molecule has 0 radical (unpaired) electrons. The Morgan fingerprint density at radius 1 is 1.24 bits per heavy atom. The van der Waals surface area contributed by atoms with Crippen LogP contribution in [0.15, 0.2) is 24.3 Å². The van der Waals surface area contributed by atoms with Crippen LogP contribution < -0.4 is 5.32 Å². The Morgan fingerprint density at radius 2 is 1.81 bits per heavy atom. The zero-order chi connectivity index (χ0) is 16.0. The highest BCUT2D eigenvalue weighted by Crippen LogP contribution is 2.20. The molecule has 1 rings (SSSR count). The molecule has 116 valence electrons. The Labute approximate surface area is 124 Å². The molecule has 0 saturated carbocycles. The van der Waals surface area contributed by atoms with Crippen molar-refractivity contribution in [3.8, 4) is 0 Å². The summed E-state index contributed by atoms with van der Waals surface area (Å²) in [6.07, 6.45) is -1.60. The summed E-state index contributed by atoms with van der Waals surface area (Å²) in [5.74, 6) is -0.488. The van der Waals surface area contributed by atoms with Crippen molar-refractivity contribution in [1.29, 1.82) is 0 Å². The second-order valence-corrected chi connectivity index (χ2v) is 5.54. The van der Waals surface area contributed by atoms with Crippen LogP contribution in [0.1, 0.15) is 38.9 Å². The monoisotopic (exact) mass is 295 g/mol. The van der Waals surface area contributed by atoms with Crippen molar-refractivity contribution in [2.75, 3.05) is 12.4 Å². The van der Waals surface area contributed by atoms with E-state index in [1.54, 1.807) is 45.0 Å². The van der Waals surface area contributed by atoms with Gasteiger partial charge in [-0.25, -0.2) is 4.79 Å². The van der Waals surface area contributed by atoms with E-state index in [2.05, 4.69) is 10.1 Å². The van der Waals surface area contributed by atoms with Crippen LogP contribution >= 0.6 is 0 Å². The molecule has 21 heavy (non-hydrogen) atoms. The van der Waals surface area contributed by atoms with Gasteiger partial charge in [-0.1, -0.05) is 12.1 Å². The number of esters is 1. The molecule has 1 aromatic carbocycles. The van der Waals surface area contributed by atoms with Gasteiger partial charge >= 0.3 is 12.1 Å². The lowest BCUT2D eigenvalue weighted by atomic mass is 10.1. The smallest absolute Gasteiger partial charge is 0.412 e. The number of amides is 1. The number of nitrogens with one attached hydrogen (secondary N) is 1. The summed E-state index contributed by atoms with van der Waals surface area (Å²) in [5, 5.41) is 12.4. The van der Waals surface area contributed by atoms with Gasteiger partial charge in [0.1, 0.15) is 5.60 Å². The molecule has 1 atom stereocenters. The van der Waals surface area contributed by atoms with Crippen LogP contribution in [0, 0.1) is 0 Å². The molecule has 0 saturated heterocycles. The summed E-state index contributed by atoms with van der Waals surface area (Å²) in [7, 11) is 1.27. The second-order valence-electron chi connectivity index (χ2n) is 5.54. The first-order chi connectivity index (χ1) is 9.71. The highest BCUT2D eigenvalue weighted by atomic mass is 16.6. The van der Waals surface area contributed by atoms with Crippen LogP contribution in [-0.4, -0.2) is 29.9 Å². The summed E-state index contributed by atoms with van der Waals surface area (Å²) >= 11 is 0. The number of methoxy groups -OCH3 is 1. The molecule has 6 heteroatoms. The van der Waals surface area contributed by atoms with Crippen LogP contribution in [0.25, 0.3) is 0 Å². The van der Waals surface area contributed by atoms with Gasteiger partial charge in [0.25, 0.3) is 0 Å². The van der Waals surface area contributed by atoms with E-state index in [1.165, 1.54) is 7.11 Å². The lowest BCUT2D eigenvalue weighted by Crippen LogP contribution is -2.27. The van der Waals surface area contributed by atoms with Crippen molar-refractivity contribution < 1.29 is 24.2 Å².